The van der Waals surface area contributed by atoms with E-state index in [1.54, 1.807) is 6.92 Å². The number of nitrogens with zero attached hydrogens (tertiary/aromatic N) is 2. The highest BCUT2D eigenvalue weighted by molar-refractivity contribution is 5.88. The van der Waals surface area contributed by atoms with Gasteiger partial charge in [-0.2, -0.15) is 0 Å². The first-order valence-electron chi connectivity index (χ1n) is 11.1. The number of carboxylic acid groups (broad SMARTS) is 1. The number of amides is 1. The largest absolute Gasteiger partial charge is 0.480 e. The minimum atomic E-state index is -1.04. The van der Waals surface area contributed by atoms with E-state index in [1.807, 2.05) is 30.3 Å². The lowest BCUT2D eigenvalue weighted by Crippen LogP contribution is -2.53. The van der Waals surface area contributed by atoms with E-state index in [2.05, 4.69) is 10.2 Å². The molecule has 2 N–H and O–H groups in total. The number of carbonyl (C=O) groups is 3. The number of hydrogen-bond acceptors (Lipinski definition) is 9. The van der Waals surface area contributed by atoms with Gasteiger partial charge in [0.2, 0.25) is 5.91 Å². The molecule has 3 atom stereocenters. The number of carboxylic acids is 1. The van der Waals surface area contributed by atoms with Crippen LogP contribution in [0.25, 0.3) is 0 Å². The monoisotopic (exact) mass is 481 g/mol. The van der Waals surface area contributed by atoms with Crippen LogP contribution in [0.15, 0.2) is 30.3 Å². The molecule has 1 amide bonds. The molecule has 1 aromatic carbocycles. The molecule has 1 heterocycles. The second-order valence-electron chi connectivity index (χ2n) is 7.83. The molecule has 34 heavy (non-hydrogen) atoms. The second-order valence-corrected chi connectivity index (χ2v) is 7.83. The summed E-state index contributed by atoms with van der Waals surface area (Å²) in [5, 5.41) is 21.5. The molecule has 1 aromatic rings. The molecule has 1 saturated heterocycles. The van der Waals surface area contributed by atoms with Gasteiger partial charge >= 0.3 is 11.9 Å². The molecule has 0 aromatic heterocycles. The Morgan fingerprint density at radius 1 is 1.21 bits per heavy atom. The molecule has 12 heteroatoms. The summed E-state index contributed by atoms with van der Waals surface area (Å²) in [6, 6.07) is 7.08. The zero-order chi connectivity index (χ0) is 24.9. The standard InChI is InChI=1S/C22H31N3O9/c1-16(20(26)24-11-5-8-19(24)21(27)28)23-18(10-9-17-6-3-2-4-7-17)22(29)33-14-12-32-13-15-34-25(30)31/h2-4,6-7,16,18-19,23H,5,8-15H2,1H3,(H,27,28). The van der Waals surface area contributed by atoms with Gasteiger partial charge in [0.1, 0.15) is 25.3 Å². The Labute approximate surface area is 197 Å². The molecular weight excluding hydrogens is 450 g/mol. The van der Waals surface area contributed by atoms with Crippen molar-refractivity contribution in [1.82, 2.24) is 10.2 Å². The maximum absolute atomic E-state index is 12.9. The molecule has 0 spiro atoms. The minimum absolute atomic E-state index is 0.0274. The molecule has 1 fully saturated rings. The fourth-order valence-electron chi connectivity index (χ4n) is 3.71. The van der Waals surface area contributed by atoms with Gasteiger partial charge in [0.15, 0.2) is 0 Å². The molecule has 12 nitrogen and oxygen atoms in total. The first-order valence-corrected chi connectivity index (χ1v) is 11.1. The van der Waals surface area contributed by atoms with E-state index in [-0.39, 0.29) is 32.3 Å². The first kappa shape index (κ1) is 27.0. The van der Waals surface area contributed by atoms with Crippen molar-refractivity contribution in [3.05, 3.63) is 46.0 Å². The summed E-state index contributed by atoms with van der Waals surface area (Å²) in [6.45, 7) is 1.66. The van der Waals surface area contributed by atoms with Crippen molar-refractivity contribution < 1.29 is 38.9 Å². The predicted molar refractivity (Wildman–Crippen MR) is 118 cm³/mol. The highest BCUT2D eigenvalue weighted by Gasteiger charge is 2.37. The summed E-state index contributed by atoms with van der Waals surface area (Å²) in [6.07, 6.45) is 1.94. The average molecular weight is 482 g/mol. The smallest absolute Gasteiger partial charge is 0.326 e. The summed E-state index contributed by atoms with van der Waals surface area (Å²) in [5.74, 6) is -1.99. The highest BCUT2D eigenvalue weighted by atomic mass is 17.0. The normalized spacial score (nSPS) is 17.1. The fourth-order valence-corrected chi connectivity index (χ4v) is 3.71. The van der Waals surface area contributed by atoms with Crippen LogP contribution in [0.4, 0.5) is 0 Å². The van der Waals surface area contributed by atoms with E-state index in [9.17, 15) is 29.6 Å². The van der Waals surface area contributed by atoms with Gasteiger partial charge in [-0.25, -0.2) is 4.79 Å². The number of nitrogens with one attached hydrogen (secondary N) is 1. The zero-order valence-corrected chi connectivity index (χ0v) is 19.1. The van der Waals surface area contributed by atoms with E-state index in [0.29, 0.717) is 32.2 Å². The number of ether oxygens (including phenoxy) is 2. The molecule has 188 valence electrons. The SMILES string of the molecule is CC(NC(CCc1ccccc1)C(=O)OCCOCCO[N+](=O)[O-])C(=O)N1CCCC1C(=O)O. The van der Waals surface area contributed by atoms with Crippen LogP contribution < -0.4 is 5.32 Å². The van der Waals surface area contributed by atoms with E-state index in [0.717, 1.165) is 5.56 Å². The van der Waals surface area contributed by atoms with E-state index < -0.39 is 35.2 Å². The third kappa shape index (κ3) is 8.94. The summed E-state index contributed by atoms with van der Waals surface area (Å²) >= 11 is 0. The lowest BCUT2D eigenvalue weighted by Gasteiger charge is -2.28. The number of likely N-dealkylation sites (tertiary alicyclic amines) is 1. The highest BCUT2D eigenvalue weighted by Crippen LogP contribution is 2.19. The van der Waals surface area contributed by atoms with Crippen molar-refractivity contribution in [3.63, 3.8) is 0 Å². The van der Waals surface area contributed by atoms with Crippen molar-refractivity contribution in [1.29, 1.82) is 0 Å². The summed E-state index contributed by atoms with van der Waals surface area (Å²) in [7, 11) is 0. The van der Waals surface area contributed by atoms with E-state index in [4.69, 9.17) is 9.47 Å². The molecule has 0 aliphatic carbocycles. The van der Waals surface area contributed by atoms with Crippen molar-refractivity contribution in [2.75, 3.05) is 33.0 Å². The minimum Gasteiger partial charge on any atom is -0.480 e. The van der Waals surface area contributed by atoms with Crippen molar-refractivity contribution in [2.45, 2.75) is 50.7 Å². The van der Waals surface area contributed by atoms with Crippen LogP contribution in [0.2, 0.25) is 0 Å². The van der Waals surface area contributed by atoms with E-state index in [1.165, 1.54) is 4.90 Å². The number of rotatable bonds is 15. The summed E-state index contributed by atoms with van der Waals surface area (Å²) in [5.41, 5.74) is 1.01. The quantitative estimate of drug-likeness (QED) is 0.159. The zero-order valence-electron chi connectivity index (χ0n) is 19.1. The average Bonchev–Trinajstić information content (AvgIpc) is 3.31. The second kappa shape index (κ2) is 14.1. The molecule has 0 radical (unpaired) electrons. The lowest BCUT2D eigenvalue weighted by atomic mass is 10.0. The Hall–Kier alpha value is -3.25. The lowest BCUT2D eigenvalue weighted by molar-refractivity contribution is -0.758. The molecular formula is C22H31N3O9. The van der Waals surface area contributed by atoms with Gasteiger partial charge in [-0.3, -0.25) is 14.9 Å². The van der Waals surface area contributed by atoms with Gasteiger partial charge in [0.05, 0.1) is 19.3 Å². The van der Waals surface area contributed by atoms with Crippen LogP contribution in [0.5, 0.6) is 0 Å². The molecule has 1 aliphatic heterocycles. The van der Waals surface area contributed by atoms with Crippen molar-refractivity contribution in [2.24, 2.45) is 0 Å². The Morgan fingerprint density at radius 3 is 2.59 bits per heavy atom. The predicted octanol–water partition coefficient (Wildman–Crippen LogP) is 0.810. The maximum Gasteiger partial charge on any atom is 0.326 e. The van der Waals surface area contributed by atoms with Gasteiger partial charge in [-0.15, -0.1) is 10.1 Å². The van der Waals surface area contributed by atoms with Gasteiger partial charge in [-0.1, -0.05) is 30.3 Å². The van der Waals surface area contributed by atoms with Gasteiger partial charge < -0.3 is 24.3 Å². The van der Waals surface area contributed by atoms with Gasteiger partial charge in [0.25, 0.3) is 5.09 Å². The van der Waals surface area contributed by atoms with Gasteiger partial charge in [0, 0.05) is 6.54 Å². The van der Waals surface area contributed by atoms with Crippen LogP contribution in [0, 0.1) is 10.1 Å². The van der Waals surface area contributed by atoms with Crippen LogP contribution in [-0.2, 0) is 35.1 Å². The maximum atomic E-state index is 12.9. The number of carbonyl (C=O) groups excluding carboxylic acids is 2. The summed E-state index contributed by atoms with van der Waals surface area (Å²) < 4.78 is 10.4. The Balaban J connectivity index is 1.91. The summed E-state index contributed by atoms with van der Waals surface area (Å²) in [4.78, 5) is 52.6. The molecule has 0 bridgehead atoms. The Kier molecular flexibility index (Phi) is 11.2. The third-order valence-corrected chi connectivity index (χ3v) is 5.39. The number of aliphatic carboxylic acids is 1. The number of esters is 1. The number of aryl methyl sites for hydroxylation is 1. The topological polar surface area (TPSA) is 158 Å². The van der Waals surface area contributed by atoms with Crippen LogP contribution in [0.3, 0.4) is 0 Å². The third-order valence-electron chi connectivity index (χ3n) is 5.39. The molecule has 2 rings (SSSR count). The van der Waals surface area contributed by atoms with Gasteiger partial charge in [-0.05, 0) is 38.2 Å². The fraction of sp³-hybridized carbons (Fsp3) is 0.591. The number of hydrogen-bond donors (Lipinski definition) is 2. The molecule has 0 saturated carbocycles. The molecule has 1 aliphatic rings. The molecule has 3 unspecified atom stereocenters. The Morgan fingerprint density at radius 2 is 1.91 bits per heavy atom. The van der Waals surface area contributed by atoms with Crippen molar-refractivity contribution >= 4 is 17.8 Å². The van der Waals surface area contributed by atoms with Crippen LogP contribution in [-0.4, -0.2) is 84.0 Å². The first-order chi connectivity index (χ1) is 16.3. The van der Waals surface area contributed by atoms with E-state index >= 15 is 0 Å². The Bertz CT molecular complexity index is 821. The van der Waals surface area contributed by atoms with Crippen LogP contribution >= 0.6 is 0 Å². The van der Waals surface area contributed by atoms with Crippen molar-refractivity contribution in [3.8, 4) is 0 Å². The number of benzene rings is 1. The van der Waals surface area contributed by atoms with Crippen LogP contribution in [0.1, 0.15) is 31.7 Å².